The molecule has 2 heterocycles. The molecule has 6 nitrogen and oxygen atoms in total. The summed E-state index contributed by atoms with van der Waals surface area (Å²) in [6.07, 6.45) is 1.97. The van der Waals surface area contributed by atoms with Crippen LogP contribution >= 0.6 is 0 Å². The minimum absolute atomic E-state index is 0.0331. The number of carbonyl (C=O) groups excluding carboxylic acids is 1. The molecular formula is C12H12N2O4. The first-order valence-electron chi connectivity index (χ1n) is 5.39. The van der Waals surface area contributed by atoms with E-state index in [1.807, 2.05) is 0 Å². The fourth-order valence-electron chi connectivity index (χ4n) is 1.74. The number of hydrogen-bond donors (Lipinski definition) is 1. The van der Waals surface area contributed by atoms with E-state index in [0.29, 0.717) is 11.3 Å². The van der Waals surface area contributed by atoms with Gasteiger partial charge in [0, 0.05) is 12.6 Å². The number of ether oxygens (including phenoxy) is 1. The van der Waals surface area contributed by atoms with E-state index in [1.54, 1.807) is 28.8 Å². The molecule has 6 heteroatoms. The molecule has 0 aliphatic heterocycles. The molecule has 0 saturated carbocycles. The van der Waals surface area contributed by atoms with E-state index >= 15 is 0 Å². The Bertz CT molecular complexity index is 603. The highest BCUT2D eigenvalue weighted by Gasteiger charge is 2.17. The van der Waals surface area contributed by atoms with Gasteiger partial charge in [-0.1, -0.05) is 6.07 Å². The second-order valence-electron chi connectivity index (χ2n) is 3.72. The van der Waals surface area contributed by atoms with Gasteiger partial charge < -0.3 is 14.2 Å². The molecule has 0 atom stereocenters. The topological polar surface area (TPSA) is 80.9 Å². The lowest BCUT2D eigenvalue weighted by molar-refractivity contribution is -0.137. The van der Waals surface area contributed by atoms with Gasteiger partial charge in [0.1, 0.15) is 5.82 Å². The fourth-order valence-corrected chi connectivity index (χ4v) is 1.74. The standard InChI is InChI=1S/C12H12N2O4/c1-18-12(17)11-8-4-2-3-7-14(8)9(13-11)5-6-10(15)16/h2-4,7H,5-6H2,1H3,(H,15,16). The Morgan fingerprint density at radius 1 is 1.44 bits per heavy atom. The maximum absolute atomic E-state index is 11.6. The summed E-state index contributed by atoms with van der Waals surface area (Å²) in [4.78, 5) is 26.3. The van der Waals surface area contributed by atoms with Crippen LogP contribution in [0.25, 0.3) is 5.52 Å². The molecule has 94 valence electrons. The molecule has 0 saturated heterocycles. The lowest BCUT2D eigenvalue weighted by Gasteiger charge is -1.98. The van der Waals surface area contributed by atoms with Crippen LogP contribution in [0.1, 0.15) is 22.7 Å². The molecule has 0 radical (unpaired) electrons. The Morgan fingerprint density at radius 3 is 2.89 bits per heavy atom. The predicted molar refractivity (Wildman–Crippen MR) is 62.5 cm³/mol. The van der Waals surface area contributed by atoms with Crippen LogP contribution in [0.2, 0.25) is 0 Å². The predicted octanol–water partition coefficient (Wildman–Crippen LogP) is 1.14. The van der Waals surface area contributed by atoms with Gasteiger partial charge in [0.15, 0.2) is 5.69 Å². The first kappa shape index (κ1) is 12.1. The van der Waals surface area contributed by atoms with E-state index in [0.717, 1.165) is 0 Å². The summed E-state index contributed by atoms with van der Waals surface area (Å²) in [5.41, 5.74) is 0.822. The number of pyridine rings is 1. The molecule has 0 aliphatic carbocycles. The fraction of sp³-hybridized carbons (Fsp3) is 0.250. The van der Waals surface area contributed by atoms with Crippen molar-refractivity contribution in [3.8, 4) is 0 Å². The van der Waals surface area contributed by atoms with Crippen LogP contribution in [0.3, 0.4) is 0 Å². The molecule has 2 aromatic heterocycles. The third kappa shape index (κ3) is 2.17. The summed E-state index contributed by atoms with van der Waals surface area (Å²) >= 11 is 0. The van der Waals surface area contributed by atoms with Crippen LogP contribution in [-0.4, -0.2) is 33.5 Å². The van der Waals surface area contributed by atoms with Crippen LogP contribution in [0, 0.1) is 0 Å². The number of carboxylic acid groups (broad SMARTS) is 1. The van der Waals surface area contributed by atoms with Crippen LogP contribution in [0.5, 0.6) is 0 Å². The zero-order chi connectivity index (χ0) is 13.1. The number of aromatic nitrogens is 2. The quantitative estimate of drug-likeness (QED) is 0.820. The van der Waals surface area contributed by atoms with Crippen molar-refractivity contribution in [1.82, 2.24) is 9.38 Å². The molecule has 0 aliphatic rings. The van der Waals surface area contributed by atoms with E-state index in [-0.39, 0.29) is 18.5 Å². The van der Waals surface area contributed by atoms with Crippen molar-refractivity contribution in [3.63, 3.8) is 0 Å². The van der Waals surface area contributed by atoms with E-state index in [9.17, 15) is 9.59 Å². The van der Waals surface area contributed by atoms with Crippen molar-refractivity contribution in [2.75, 3.05) is 7.11 Å². The van der Waals surface area contributed by atoms with Crippen molar-refractivity contribution < 1.29 is 19.4 Å². The normalized spacial score (nSPS) is 10.5. The molecule has 0 spiro atoms. The Kier molecular flexibility index (Phi) is 3.27. The van der Waals surface area contributed by atoms with Crippen molar-refractivity contribution in [3.05, 3.63) is 35.9 Å². The third-order valence-corrected chi connectivity index (χ3v) is 2.56. The van der Waals surface area contributed by atoms with Crippen molar-refractivity contribution in [2.24, 2.45) is 0 Å². The maximum atomic E-state index is 11.6. The molecule has 0 amide bonds. The van der Waals surface area contributed by atoms with Gasteiger partial charge in [-0.2, -0.15) is 0 Å². The molecular weight excluding hydrogens is 236 g/mol. The van der Waals surface area contributed by atoms with Gasteiger partial charge in [-0.05, 0) is 12.1 Å². The third-order valence-electron chi connectivity index (χ3n) is 2.56. The molecule has 18 heavy (non-hydrogen) atoms. The summed E-state index contributed by atoms with van der Waals surface area (Å²) in [6, 6.07) is 5.31. The summed E-state index contributed by atoms with van der Waals surface area (Å²) in [5, 5.41) is 8.68. The number of methoxy groups -OCH3 is 1. The highest BCUT2D eigenvalue weighted by atomic mass is 16.5. The highest BCUT2D eigenvalue weighted by Crippen LogP contribution is 2.15. The van der Waals surface area contributed by atoms with Gasteiger partial charge in [-0.15, -0.1) is 0 Å². The highest BCUT2D eigenvalue weighted by molar-refractivity contribution is 5.95. The van der Waals surface area contributed by atoms with Gasteiger partial charge in [-0.25, -0.2) is 9.78 Å². The van der Waals surface area contributed by atoms with Gasteiger partial charge >= 0.3 is 11.9 Å². The lowest BCUT2D eigenvalue weighted by atomic mass is 10.3. The summed E-state index contributed by atoms with van der Waals surface area (Å²) in [7, 11) is 1.29. The monoisotopic (exact) mass is 248 g/mol. The number of rotatable bonds is 4. The van der Waals surface area contributed by atoms with Gasteiger partial charge in [0.25, 0.3) is 0 Å². The number of aryl methyl sites for hydroxylation is 1. The van der Waals surface area contributed by atoms with Crippen LogP contribution in [-0.2, 0) is 16.0 Å². The second-order valence-corrected chi connectivity index (χ2v) is 3.72. The van der Waals surface area contributed by atoms with Crippen molar-refractivity contribution in [1.29, 1.82) is 0 Å². The van der Waals surface area contributed by atoms with Crippen LogP contribution < -0.4 is 0 Å². The number of esters is 1. The average molecular weight is 248 g/mol. The lowest BCUT2D eigenvalue weighted by Crippen LogP contribution is -2.03. The number of carboxylic acids is 1. The van der Waals surface area contributed by atoms with E-state index in [1.165, 1.54) is 7.11 Å². The Balaban J connectivity index is 2.47. The maximum Gasteiger partial charge on any atom is 0.358 e. The van der Waals surface area contributed by atoms with Crippen LogP contribution in [0.4, 0.5) is 0 Å². The summed E-state index contributed by atoms with van der Waals surface area (Å²) in [6.45, 7) is 0. The molecule has 0 bridgehead atoms. The minimum Gasteiger partial charge on any atom is -0.481 e. The zero-order valence-corrected chi connectivity index (χ0v) is 9.79. The Labute approximate surface area is 103 Å². The molecule has 0 aromatic carbocycles. The zero-order valence-electron chi connectivity index (χ0n) is 9.79. The van der Waals surface area contributed by atoms with Gasteiger partial charge in [0.2, 0.25) is 0 Å². The number of aliphatic carboxylic acids is 1. The molecule has 1 N–H and O–H groups in total. The minimum atomic E-state index is -0.901. The smallest absolute Gasteiger partial charge is 0.358 e. The van der Waals surface area contributed by atoms with Gasteiger partial charge in [0.05, 0.1) is 19.0 Å². The van der Waals surface area contributed by atoms with Crippen molar-refractivity contribution in [2.45, 2.75) is 12.8 Å². The van der Waals surface area contributed by atoms with Crippen molar-refractivity contribution >= 4 is 17.5 Å². The van der Waals surface area contributed by atoms with Gasteiger partial charge in [-0.3, -0.25) is 4.79 Å². The van der Waals surface area contributed by atoms with E-state index in [2.05, 4.69) is 9.72 Å². The van der Waals surface area contributed by atoms with E-state index < -0.39 is 11.9 Å². The summed E-state index contributed by atoms with van der Waals surface area (Å²) in [5.74, 6) is -0.893. The Morgan fingerprint density at radius 2 is 2.22 bits per heavy atom. The van der Waals surface area contributed by atoms with Crippen LogP contribution in [0.15, 0.2) is 24.4 Å². The first-order chi connectivity index (χ1) is 8.63. The Hall–Kier alpha value is -2.37. The SMILES string of the molecule is COC(=O)c1nc(CCC(=O)O)n2ccccc12. The summed E-state index contributed by atoms with van der Waals surface area (Å²) < 4.78 is 6.36. The van der Waals surface area contributed by atoms with E-state index in [4.69, 9.17) is 5.11 Å². The number of fused-ring (bicyclic) bond motifs is 1. The number of nitrogens with zero attached hydrogens (tertiary/aromatic N) is 2. The number of imidazole rings is 1. The average Bonchev–Trinajstić information content (AvgIpc) is 2.74. The molecule has 2 rings (SSSR count). The number of carbonyl (C=O) groups is 2. The molecule has 0 unspecified atom stereocenters. The second kappa shape index (κ2) is 4.87. The molecule has 2 aromatic rings. The molecule has 0 fully saturated rings. The first-order valence-corrected chi connectivity index (χ1v) is 5.39. The number of hydrogen-bond acceptors (Lipinski definition) is 4. The largest absolute Gasteiger partial charge is 0.481 e.